The van der Waals surface area contributed by atoms with Crippen molar-refractivity contribution in [3.8, 4) is 11.1 Å². The van der Waals surface area contributed by atoms with Gasteiger partial charge in [0, 0.05) is 13.0 Å². The predicted molar refractivity (Wildman–Crippen MR) is 185 cm³/mol. The first-order valence-corrected chi connectivity index (χ1v) is 17.6. The minimum absolute atomic E-state index is 0.0329. The average Bonchev–Trinajstić information content (AvgIpc) is 3.53. The van der Waals surface area contributed by atoms with Crippen molar-refractivity contribution in [1.82, 2.24) is 20.3 Å². The molecule has 0 aliphatic carbocycles. The first-order valence-electron chi connectivity index (χ1n) is 15.5. The van der Waals surface area contributed by atoms with Crippen LogP contribution in [-0.2, 0) is 42.9 Å². The quantitative estimate of drug-likeness (QED) is 0.0559. The zero-order valence-electron chi connectivity index (χ0n) is 25.9. The Kier molecular flexibility index (Phi) is 15.6. The summed E-state index contributed by atoms with van der Waals surface area (Å²) in [4.78, 5) is 40.5. The Morgan fingerprint density at radius 2 is 1.80 bits per heavy atom. The second kappa shape index (κ2) is 19.1. The molecule has 1 aliphatic heterocycles. The number of nitrogens with zero attached hydrogens (tertiary/aromatic N) is 1. The maximum absolute atomic E-state index is 13.2. The molecular formula is C33H45IN4O6S. The molecule has 0 spiro atoms. The van der Waals surface area contributed by atoms with Crippen LogP contribution >= 0.6 is 22.6 Å². The van der Waals surface area contributed by atoms with E-state index in [9.17, 15) is 23.7 Å². The molecule has 1 fully saturated rings. The van der Waals surface area contributed by atoms with Gasteiger partial charge in [-0.25, -0.2) is 8.93 Å². The fourth-order valence-electron chi connectivity index (χ4n) is 5.29. The molecular weight excluding hydrogens is 707 g/mol. The van der Waals surface area contributed by atoms with Crippen molar-refractivity contribution in [3.05, 3.63) is 72.3 Å². The minimum Gasteiger partial charge on any atom is -0.392 e. The number of aliphatic hydroxyl groups is 1. The smallest absolute Gasteiger partial charge is 0.269 e. The SMILES string of the molecule is C=CC[C@@](I)(NC(=O)[C@@H]1CCCN1C(=O)CNCCCCCCc1cccc(-c2cccc(CO)c2)c1)C(=O)NS(=O)OCC. The van der Waals surface area contributed by atoms with Crippen molar-refractivity contribution < 1.29 is 27.9 Å². The zero-order chi connectivity index (χ0) is 32.7. The number of likely N-dealkylation sites (tertiary alicyclic amines) is 1. The molecule has 10 nitrogen and oxygen atoms in total. The highest BCUT2D eigenvalue weighted by molar-refractivity contribution is 14.1. The number of rotatable bonds is 19. The first kappa shape index (κ1) is 36.8. The Bertz CT molecular complexity index is 1330. The maximum Gasteiger partial charge on any atom is 0.269 e. The summed E-state index contributed by atoms with van der Waals surface area (Å²) in [5, 5.41) is 15.4. The van der Waals surface area contributed by atoms with E-state index < -0.39 is 32.7 Å². The first-order chi connectivity index (χ1) is 21.7. The van der Waals surface area contributed by atoms with Crippen molar-refractivity contribution in [3.63, 3.8) is 0 Å². The molecule has 1 saturated heterocycles. The highest BCUT2D eigenvalue weighted by atomic mass is 127. The van der Waals surface area contributed by atoms with E-state index in [-0.39, 0.29) is 32.1 Å². The van der Waals surface area contributed by atoms with Crippen molar-refractivity contribution >= 4 is 51.6 Å². The molecule has 3 rings (SSSR count). The number of nitrogens with one attached hydrogen (secondary N) is 3. The highest BCUT2D eigenvalue weighted by Gasteiger charge is 2.41. The molecule has 1 unspecified atom stereocenters. The van der Waals surface area contributed by atoms with E-state index >= 15 is 0 Å². The molecule has 3 atom stereocenters. The fraction of sp³-hybridized carbons (Fsp3) is 0.485. The molecule has 3 amide bonds. The number of hydrogen-bond acceptors (Lipinski definition) is 7. The highest BCUT2D eigenvalue weighted by Crippen LogP contribution is 2.25. The summed E-state index contributed by atoms with van der Waals surface area (Å²) < 4.78 is 17.6. The molecule has 12 heteroatoms. The molecule has 2 aromatic carbocycles. The summed E-state index contributed by atoms with van der Waals surface area (Å²) >= 11 is -0.216. The van der Waals surface area contributed by atoms with E-state index in [2.05, 4.69) is 52.3 Å². The van der Waals surface area contributed by atoms with Gasteiger partial charge < -0.3 is 20.6 Å². The van der Waals surface area contributed by atoms with Gasteiger partial charge in [-0.1, -0.05) is 61.4 Å². The van der Waals surface area contributed by atoms with Crippen LogP contribution in [-0.4, -0.2) is 67.8 Å². The third-order valence-corrected chi connectivity index (χ3v) is 9.60. The van der Waals surface area contributed by atoms with Gasteiger partial charge in [0.25, 0.3) is 17.2 Å². The third-order valence-electron chi connectivity index (χ3n) is 7.60. The lowest BCUT2D eigenvalue weighted by Gasteiger charge is -2.30. The van der Waals surface area contributed by atoms with Gasteiger partial charge in [0.15, 0.2) is 3.55 Å². The molecule has 45 heavy (non-hydrogen) atoms. The number of carbonyl (C=O) groups excluding carboxylic acids is 3. The number of halogens is 1. The summed E-state index contributed by atoms with van der Waals surface area (Å²) in [6.45, 7) is 6.83. The summed E-state index contributed by atoms with van der Waals surface area (Å²) in [5.41, 5.74) is 4.46. The Hall–Kier alpha value is -2.65. The van der Waals surface area contributed by atoms with Crippen LogP contribution < -0.4 is 15.4 Å². The number of alkyl halides is 1. The molecule has 0 bridgehead atoms. The summed E-state index contributed by atoms with van der Waals surface area (Å²) in [6.07, 6.45) is 7.94. The van der Waals surface area contributed by atoms with Crippen LogP contribution in [0.3, 0.4) is 0 Å². The number of hydrogen-bond donors (Lipinski definition) is 4. The normalized spacial score (nSPS) is 16.5. The number of unbranched alkanes of at least 4 members (excludes halogenated alkanes) is 3. The van der Waals surface area contributed by atoms with Crippen LogP contribution in [0.1, 0.15) is 63.0 Å². The summed E-state index contributed by atoms with van der Waals surface area (Å²) in [7, 11) is 0. The number of benzene rings is 2. The van der Waals surface area contributed by atoms with Crippen molar-refractivity contribution in [2.24, 2.45) is 0 Å². The molecule has 1 aliphatic rings. The second-order valence-electron chi connectivity index (χ2n) is 11.0. The molecule has 0 radical (unpaired) electrons. The van der Waals surface area contributed by atoms with Crippen molar-refractivity contribution in [2.45, 2.75) is 74.5 Å². The predicted octanol–water partition coefficient (Wildman–Crippen LogP) is 4.08. The molecule has 2 aromatic rings. The van der Waals surface area contributed by atoms with Crippen LogP contribution in [0.2, 0.25) is 0 Å². The van der Waals surface area contributed by atoms with Crippen LogP contribution in [0.5, 0.6) is 0 Å². The largest absolute Gasteiger partial charge is 0.392 e. The lowest BCUT2D eigenvalue weighted by atomic mass is 9.99. The Labute approximate surface area is 282 Å². The average molecular weight is 753 g/mol. The lowest BCUT2D eigenvalue weighted by Crippen LogP contribution is -2.59. The number of aryl methyl sites for hydroxylation is 1. The van der Waals surface area contributed by atoms with Gasteiger partial charge in [-0.3, -0.25) is 18.6 Å². The molecule has 0 saturated carbocycles. The molecule has 246 valence electrons. The number of aliphatic hydroxyl groups excluding tert-OH is 1. The van der Waals surface area contributed by atoms with Crippen molar-refractivity contribution in [2.75, 3.05) is 26.2 Å². The van der Waals surface area contributed by atoms with Crippen molar-refractivity contribution in [1.29, 1.82) is 0 Å². The zero-order valence-corrected chi connectivity index (χ0v) is 28.9. The van der Waals surface area contributed by atoms with Crippen LogP contribution in [0, 0.1) is 0 Å². The van der Waals surface area contributed by atoms with Gasteiger partial charge in [0.2, 0.25) is 11.8 Å². The summed E-state index contributed by atoms with van der Waals surface area (Å²) in [6, 6.07) is 15.8. The van der Waals surface area contributed by atoms with E-state index in [4.69, 9.17) is 4.18 Å². The Morgan fingerprint density at radius 1 is 1.11 bits per heavy atom. The molecule has 0 aromatic heterocycles. The van der Waals surface area contributed by atoms with E-state index in [0.29, 0.717) is 25.9 Å². The number of amides is 3. The number of carbonyl (C=O) groups is 3. The third kappa shape index (κ3) is 11.6. The molecule has 1 heterocycles. The van der Waals surface area contributed by atoms with E-state index in [0.717, 1.165) is 48.8 Å². The topological polar surface area (TPSA) is 137 Å². The van der Waals surface area contributed by atoms with Crippen LogP contribution in [0.4, 0.5) is 0 Å². The van der Waals surface area contributed by atoms with Gasteiger partial charge in [-0.05, 0) is 96.5 Å². The van der Waals surface area contributed by atoms with Gasteiger partial charge in [-0.15, -0.1) is 6.58 Å². The molecule has 4 N–H and O–H groups in total. The monoisotopic (exact) mass is 752 g/mol. The van der Waals surface area contributed by atoms with E-state index in [1.165, 1.54) is 11.6 Å². The van der Waals surface area contributed by atoms with Crippen LogP contribution in [0.25, 0.3) is 11.1 Å². The van der Waals surface area contributed by atoms with Crippen LogP contribution in [0.15, 0.2) is 61.2 Å². The summed E-state index contributed by atoms with van der Waals surface area (Å²) in [5.74, 6) is -1.25. The lowest BCUT2D eigenvalue weighted by molar-refractivity contribution is -0.139. The van der Waals surface area contributed by atoms with E-state index in [1.807, 2.05) is 40.8 Å². The standard InChI is InChI=1S/C33H45IN4O6S/c1-3-18-33(34,32(42)37-45(43)44-4-2)36-31(41)29-17-11-20-38(29)30(40)23-35-19-8-6-5-7-12-25-13-9-15-27(21-25)28-16-10-14-26(22-28)24-39/h3,9-10,13-16,21-22,29,35,39H,1,4-8,11-12,17-20,23-24H2,2H3,(H,36,41)(H,37,42)/t29-,33+,45?/m0/s1. The van der Waals surface area contributed by atoms with Gasteiger partial charge in [-0.2, -0.15) is 0 Å². The second-order valence-corrected chi connectivity index (χ2v) is 13.8. The van der Waals surface area contributed by atoms with Gasteiger partial charge in [0.1, 0.15) is 6.04 Å². The Balaban J connectivity index is 1.37. The fourth-order valence-corrected chi connectivity index (χ4v) is 6.79. The minimum atomic E-state index is -2.03. The van der Waals surface area contributed by atoms with Gasteiger partial charge in [0.05, 0.1) is 19.8 Å². The van der Waals surface area contributed by atoms with Gasteiger partial charge >= 0.3 is 0 Å². The maximum atomic E-state index is 13.2. The Morgan fingerprint density at radius 3 is 2.49 bits per heavy atom. The van der Waals surface area contributed by atoms with E-state index in [1.54, 1.807) is 11.8 Å².